The molecule has 3 unspecified atom stereocenters. The Kier molecular flexibility index (Phi) is 22.1. The number of rotatable bonds is 30. The zero-order valence-corrected chi connectivity index (χ0v) is 23.4. The number of hydrogen-bond donors (Lipinski definition) is 6. The number of carboxylic acid groups (broad SMARTS) is 6. The SMILES string of the molecule is O=C(O)CCOCC(OCCC(=O)O)N(C(COCCC(=O)O)OCCC(=O)O)C(COCCC(=O)O)OCCC(=O)O. The molecule has 0 fully saturated rings. The highest BCUT2D eigenvalue weighted by molar-refractivity contribution is 5.68. The molecule has 6 N–H and O–H groups in total. The highest BCUT2D eigenvalue weighted by atomic mass is 16.6. The van der Waals surface area contributed by atoms with Gasteiger partial charge in [0.1, 0.15) is 18.7 Å². The van der Waals surface area contributed by atoms with Crippen LogP contribution < -0.4 is 0 Å². The van der Waals surface area contributed by atoms with Gasteiger partial charge in [0.25, 0.3) is 0 Å². The van der Waals surface area contributed by atoms with E-state index in [1.165, 1.54) is 4.90 Å². The van der Waals surface area contributed by atoms with Crippen molar-refractivity contribution in [1.29, 1.82) is 0 Å². The predicted molar refractivity (Wildman–Crippen MR) is 137 cm³/mol. The van der Waals surface area contributed by atoms with Crippen LogP contribution in [0.4, 0.5) is 0 Å². The van der Waals surface area contributed by atoms with E-state index in [1.807, 2.05) is 0 Å². The lowest BCUT2D eigenvalue weighted by molar-refractivity contribution is -0.256. The fraction of sp³-hybridized carbons (Fsp3) is 0.750. The summed E-state index contributed by atoms with van der Waals surface area (Å²) in [7, 11) is 0. The summed E-state index contributed by atoms with van der Waals surface area (Å²) in [6.07, 6.45) is -6.67. The summed E-state index contributed by atoms with van der Waals surface area (Å²) in [5.74, 6) is -7.21. The number of ether oxygens (including phenoxy) is 6. The van der Waals surface area contributed by atoms with Gasteiger partial charge in [0.2, 0.25) is 0 Å². The molecule has 248 valence electrons. The first-order chi connectivity index (χ1) is 20.3. The van der Waals surface area contributed by atoms with Crippen molar-refractivity contribution < 1.29 is 87.8 Å². The van der Waals surface area contributed by atoms with Gasteiger partial charge < -0.3 is 59.1 Å². The van der Waals surface area contributed by atoms with Gasteiger partial charge in [-0.1, -0.05) is 0 Å². The third kappa shape index (κ3) is 22.8. The maximum Gasteiger partial charge on any atom is 0.305 e. The third-order valence-corrected chi connectivity index (χ3v) is 5.04. The van der Waals surface area contributed by atoms with Gasteiger partial charge in [-0.15, -0.1) is 0 Å². The minimum absolute atomic E-state index is 0.304. The molecule has 3 atom stereocenters. The molecule has 0 saturated heterocycles. The first-order valence-electron chi connectivity index (χ1n) is 13.0. The van der Waals surface area contributed by atoms with E-state index < -0.39 is 133 Å². The van der Waals surface area contributed by atoms with Crippen LogP contribution >= 0.6 is 0 Å². The van der Waals surface area contributed by atoms with Crippen LogP contribution in [0.3, 0.4) is 0 Å². The maximum atomic E-state index is 11.1. The predicted octanol–water partition coefficient (Wildman–Crippen LogP) is -0.785. The fourth-order valence-electron chi connectivity index (χ4n) is 3.09. The van der Waals surface area contributed by atoms with Crippen LogP contribution in [0.15, 0.2) is 0 Å². The zero-order chi connectivity index (χ0) is 32.6. The Bertz CT molecular complexity index is 758. The second kappa shape index (κ2) is 24.0. The molecular formula is C24H39NO18. The van der Waals surface area contributed by atoms with Crippen molar-refractivity contribution >= 4 is 35.8 Å². The first-order valence-corrected chi connectivity index (χ1v) is 13.0. The summed E-state index contributed by atoms with van der Waals surface area (Å²) >= 11 is 0. The van der Waals surface area contributed by atoms with E-state index in [2.05, 4.69) is 0 Å². The molecule has 0 aromatic heterocycles. The Morgan fingerprint density at radius 3 is 0.814 bits per heavy atom. The van der Waals surface area contributed by atoms with Gasteiger partial charge in [0.15, 0.2) is 0 Å². The maximum absolute atomic E-state index is 11.1. The molecule has 19 nitrogen and oxygen atoms in total. The van der Waals surface area contributed by atoms with Crippen molar-refractivity contribution in [2.45, 2.75) is 57.2 Å². The molecule has 0 amide bonds. The van der Waals surface area contributed by atoms with Crippen LogP contribution in [0, 0.1) is 0 Å². The number of carboxylic acids is 6. The molecule has 19 heteroatoms. The summed E-state index contributed by atoms with van der Waals surface area (Å²) in [6, 6.07) is 0. The lowest BCUT2D eigenvalue weighted by Gasteiger charge is -2.41. The first kappa shape index (κ1) is 39.5. The van der Waals surface area contributed by atoms with E-state index in [0.717, 1.165) is 0 Å². The molecule has 0 aliphatic heterocycles. The van der Waals surface area contributed by atoms with Crippen LogP contribution in [0.1, 0.15) is 38.5 Å². The van der Waals surface area contributed by atoms with E-state index >= 15 is 0 Å². The van der Waals surface area contributed by atoms with Crippen molar-refractivity contribution in [3.8, 4) is 0 Å². The molecular weight excluding hydrogens is 590 g/mol. The Hall–Kier alpha value is -3.46. The van der Waals surface area contributed by atoms with Gasteiger partial charge in [-0.2, -0.15) is 0 Å². The molecule has 0 bridgehead atoms. The van der Waals surface area contributed by atoms with E-state index in [9.17, 15) is 28.8 Å². The highest BCUT2D eigenvalue weighted by Crippen LogP contribution is 2.19. The zero-order valence-electron chi connectivity index (χ0n) is 23.4. The Morgan fingerprint density at radius 1 is 0.395 bits per heavy atom. The summed E-state index contributed by atoms with van der Waals surface area (Å²) in [5, 5.41) is 54.0. The van der Waals surface area contributed by atoms with Crippen molar-refractivity contribution in [1.82, 2.24) is 4.90 Å². The van der Waals surface area contributed by atoms with Crippen LogP contribution in [-0.4, -0.2) is 150 Å². The molecule has 0 aromatic carbocycles. The van der Waals surface area contributed by atoms with E-state index in [-0.39, 0.29) is 19.8 Å². The molecule has 0 heterocycles. The quantitative estimate of drug-likeness (QED) is 0.0419. The number of nitrogens with zero attached hydrogens (tertiary/aromatic N) is 1. The van der Waals surface area contributed by atoms with Gasteiger partial charge in [-0.3, -0.25) is 28.8 Å². The summed E-state index contributed by atoms with van der Waals surface area (Å²) < 4.78 is 33.4. The van der Waals surface area contributed by atoms with Gasteiger partial charge in [-0.05, 0) is 0 Å². The van der Waals surface area contributed by atoms with Crippen LogP contribution in [0.2, 0.25) is 0 Å². The molecule has 0 radical (unpaired) electrons. The molecule has 0 rings (SSSR count). The normalized spacial score (nSPS) is 13.3. The van der Waals surface area contributed by atoms with Gasteiger partial charge in [-0.25, -0.2) is 4.90 Å². The Labute approximate surface area is 245 Å². The number of aliphatic carboxylic acids is 6. The summed E-state index contributed by atoms with van der Waals surface area (Å²) in [6.45, 7) is -3.46. The monoisotopic (exact) mass is 629 g/mol. The number of hydrogen-bond acceptors (Lipinski definition) is 13. The minimum atomic E-state index is -1.33. The highest BCUT2D eigenvalue weighted by Gasteiger charge is 2.36. The van der Waals surface area contributed by atoms with Crippen molar-refractivity contribution in [2.24, 2.45) is 0 Å². The second-order valence-corrected chi connectivity index (χ2v) is 8.51. The molecule has 0 aliphatic rings. The third-order valence-electron chi connectivity index (χ3n) is 5.04. The van der Waals surface area contributed by atoms with E-state index in [0.29, 0.717) is 0 Å². The van der Waals surface area contributed by atoms with Gasteiger partial charge >= 0.3 is 35.8 Å². The second-order valence-electron chi connectivity index (χ2n) is 8.51. The number of carbonyl (C=O) groups is 6. The standard InChI is InChI=1S/C24H39NO18/c26-19(27)1-7-38-13-16(41-10-4-22(32)33)25(17(42-11-5-23(34)35)14-39-8-2-20(28)29)18(43-12-6-24(36)37)15-40-9-3-21(30)31/h16-18H,1-15H2,(H,26,27)(H,28,29)(H,30,31)(H,32,33)(H,34,35)(H,36,37). The van der Waals surface area contributed by atoms with Gasteiger partial charge in [0, 0.05) is 0 Å². The average molecular weight is 630 g/mol. The fourth-order valence-corrected chi connectivity index (χ4v) is 3.09. The topological polar surface area (TPSA) is 282 Å². The lowest BCUT2D eigenvalue weighted by Crippen LogP contribution is -2.57. The van der Waals surface area contributed by atoms with E-state index in [1.54, 1.807) is 0 Å². The molecule has 0 aromatic rings. The smallest absolute Gasteiger partial charge is 0.305 e. The van der Waals surface area contributed by atoms with Crippen molar-refractivity contribution in [3.05, 3.63) is 0 Å². The Morgan fingerprint density at radius 2 is 0.605 bits per heavy atom. The largest absolute Gasteiger partial charge is 0.481 e. The molecule has 0 saturated carbocycles. The van der Waals surface area contributed by atoms with Crippen LogP contribution in [-0.2, 0) is 57.2 Å². The summed E-state index contributed by atoms with van der Waals surface area (Å²) in [4.78, 5) is 67.4. The van der Waals surface area contributed by atoms with Gasteiger partial charge in [0.05, 0.1) is 98.0 Å². The van der Waals surface area contributed by atoms with Crippen molar-refractivity contribution in [2.75, 3.05) is 59.5 Å². The summed E-state index contributed by atoms with van der Waals surface area (Å²) in [5.41, 5.74) is 0. The Balaban J connectivity index is 6.43. The van der Waals surface area contributed by atoms with Crippen LogP contribution in [0.25, 0.3) is 0 Å². The average Bonchev–Trinajstić information content (AvgIpc) is 2.89. The molecule has 0 aliphatic carbocycles. The van der Waals surface area contributed by atoms with Crippen molar-refractivity contribution in [3.63, 3.8) is 0 Å². The minimum Gasteiger partial charge on any atom is -0.481 e. The lowest BCUT2D eigenvalue weighted by atomic mass is 10.3. The van der Waals surface area contributed by atoms with Crippen LogP contribution in [0.5, 0.6) is 0 Å². The molecule has 0 spiro atoms. The van der Waals surface area contributed by atoms with E-state index in [4.69, 9.17) is 59.1 Å². The molecule has 43 heavy (non-hydrogen) atoms.